The van der Waals surface area contributed by atoms with E-state index in [4.69, 9.17) is 4.42 Å². The summed E-state index contributed by atoms with van der Waals surface area (Å²) in [5.41, 5.74) is 0.574. The molecule has 2 aromatic carbocycles. The Balaban J connectivity index is 1.77. The molecule has 1 heterocycles. The van der Waals surface area contributed by atoms with Crippen molar-refractivity contribution in [2.75, 3.05) is 0 Å². The topological polar surface area (TPSA) is 82.1 Å². The lowest BCUT2D eigenvalue weighted by Crippen LogP contribution is -1.90. The van der Waals surface area contributed by atoms with Gasteiger partial charge in [-0.05, 0) is 31.2 Å². The summed E-state index contributed by atoms with van der Waals surface area (Å²) in [5, 5.41) is 18.4. The Labute approximate surface area is 140 Å². The Morgan fingerprint density at radius 3 is 2.54 bits per heavy atom. The maximum atomic E-state index is 13.7. The van der Waals surface area contributed by atoms with Gasteiger partial charge in [0.2, 0.25) is 11.8 Å². The fourth-order valence-corrected chi connectivity index (χ4v) is 2.94. The zero-order chi connectivity index (χ0) is 17.1. The minimum atomic E-state index is -0.476. The number of aromatic nitrogens is 2. The SMILES string of the molecule is C[C@H](Sc1ccccc1F)c1nnc(-c2ccc([N+](=O)[O-])cc2)o1. The first kappa shape index (κ1) is 16.1. The van der Waals surface area contributed by atoms with Gasteiger partial charge in [-0.25, -0.2) is 4.39 Å². The standard InChI is InChI=1S/C16H12FN3O3S/c1-10(24-14-5-3-2-4-13(14)17)15-18-19-16(23-15)11-6-8-12(9-7-11)20(21)22/h2-10H,1H3/t10-/m0/s1. The maximum absolute atomic E-state index is 13.7. The minimum Gasteiger partial charge on any atom is -0.419 e. The number of thioether (sulfide) groups is 1. The Kier molecular flexibility index (Phi) is 4.57. The second-order valence-corrected chi connectivity index (χ2v) is 6.32. The molecule has 0 bridgehead atoms. The van der Waals surface area contributed by atoms with Gasteiger partial charge < -0.3 is 4.42 Å². The van der Waals surface area contributed by atoms with E-state index in [1.165, 1.54) is 30.0 Å². The molecular formula is C16H12FN3O3S. The molecule has 0 spiro atoms. The molecule has 0 saturated heterocycles. The van der Waals surface area contributed by atoms with Crippen LogP contribution in [0.1, 0.15) is 18.1 Å². The van der Waals surface area contributed by atoms with Gasteiger partial charge in [0.05, 0.1) is 10.2 Å². The van der Waals surface area contributed by atoms with Crippen molar-refractivity contribution in [3.05, 3.63) is 70.4 Å². The minimum absolute atomic E-state index is 0.0121. The Morgan fingerprint density at radius 1 is 1.17 bits per heavy atom. The van der Waals surface area contributed by atoms with Gasteiger partial charge in [-0.2, -0.15) is 0 Å². The number of nitro groups is 1. The zero-order valence-electron chi connectivity index (χ0n) is 12.5. The van der Waals surface area contributed by atoms with E-state index in [0.717, 1.165) is 0 Å². The molecule has 0 aliphatic rings. The summed E-state index contributed by atoms with van der Waals surface area (Å²) in [6.07, 6.45) is 0. The van der Waals surface area contributed by atoms with E-state index in [0.29, 0.717) is 16.3 Å². The number of nitro benzene ring substituents is 1. The van der Waals surface area contributed by atoms with Crippen molar-refractivity contribution < 1.29 is 13.7 Å². The van der Waals surface area contributed by atoms with Crippen LogP contribution in [0.2, 0.25) is 0 Å². The van der Waals surface area contributed by atoms with Gasteiger partial charge in [0.25, 0.3) is 5.69 Å². The molecule has 0 aliphatic carbocycles. The fraction of sp³-hybridized carbons (Fsp3) is 0.125. The first-order valence-electron chi connectivity index (χ1n) is 7.04. The second kappa shape index (κ2) is 6.79. The summed E-state index contributed by atoms with van der Waals surface area (Å²) in [7, 11) is 0. The van der Waals surface area contributed by atoms with Crippen molar-refractivity contribution >= 4 is 17.4 Å². The van der Waals surface area contributed by atoms with Crippen LogP contribution in [0.5, 0.6) is 0 Å². The summed E-state index contributed by atoms with van der Waals surface area (Å²) in [4.78, 5) is 10.7. The van der Waals surface area contributed by atoms with Crippen LogP contribution in [0, 0.1) is 15.9 Å². The van der Waals surface area contributed by atoms with E-state index < -0.39 is 4.92 Å². The molecule has 24 heavy (non-hydrogen) atoms. The lowest BCUT2D eigenvalue weighted by Gasteiger charge is -2.07. The van der Waals surface area contributed by atoms with Crippen LogP contribution in [0.4, 0.5) is 10.1 Å². The Bertz CT molecular complexity index is 867. The second-order valence-electron chi connectivity index (χ2n) is 4.94. The van der Waals surface area contributed by atoms with Crippen molar-refractivity contribution in [3.8, 4) is 11.5 Å². The summed E-state index contributed by atoms with van der Waals surface area (Å²) < 4.78 is 19.3. The van der Waals surface area contributed by atoms with Crippen LogP contribution in [-0.2, 0) is 0 Å². The van der Waals surface area contributed by atoms with Crippen LogP contribution in [0.15, 0.2) is 57.8 Å². The predicted molar refractivity (Wildman–Crippen MR) is 87.1 cm³/mol. The Hall–Kier alpha value is -2.74. The van der Waals surface area contributed by atoms with Gasteiger partial charge in [0.1, 0.15) is 5.82 Å². The lowest BCUT2D eigenvalue weighted by molar-refractivity contribution is -0.384. The maximum Gasteiger partial charge on any atom is 0.269 e. The number of hydrogen-bond acceptors (Lipinski definition) is 6. The predicted octanol–water partition coefficient (Wildman–Crippen LogP) is 4.64. The highest BCUT2D eigenvalue weighted by Crippen LogP contribution is 2.36. The van der Waals surface area contributed by atoms with Crippen molar-refractivity contribution in [2.24, 2.45) is 0 Å². The molecule has 0 fully saturated rings. The highest BCUT2D eigenvalue weighted by molar-refractivity contribution is 7.99. The number of non-ortho nitro benzene ring substituents is 1. The van der Waals surface area contributed by atoms with E-state index in [1.807, 2.05) is 6.92 Å². The monoisotopic (exact) mass is 345 g/mol. The van der Waals surface area contributed by atoms with Gasteiger partial charge >= 0.3 is 0 Å². The smallest absolute Gasteiger partial charge is 0.269 e. The third kappa shape index (κ3) is 3.43. The van der Waals surface area contributed by atoms with Crippen molar-refractivity contribution in [1.29, 1.82) is 0 Å². The zero-order valence-corrected chi connectivity index (χ0v) is 13.4. The highest BCUT2D eigenvalue weighted by atomic mass is 32.2. The summed E-state index contributed by atoms with van der Waals surface area (Å²) in [6.45, 7) is 1.84. The van der Waals surface area contributed by atoms with Crippen molar-refractivity contribution in [2.45, 2.75) is 17.1 Å². The average molecular weight is 345 g/mol. The third-order valence-electron chi connectivity index (χ3n) is 3.25. The summed E-state index contributed by atoms with van der Waals surface area (Å²) >= 11 is 1.28. The molecule has 0 unspecified atom stereocenters. The highest BCUT2D eigenvalue weighted by Gasteiger charge is 2.18. The molecule has 1 atom stereocenters. The Morgan fingerprint density at radius 2 is 1.88 bits per heavy atom. The average Bonchev–Trinajstić information content (AvgIpc) is 3.07. The van der Waals surface area contributed by atoms with E-state index in [2.05, 4.69) is 10.2 Å². The molecule has 0 amide bonds. The molecule has 0 saturated carbocycles. The van der Waals surface area contributed by atoms with E-state index in [1.54, 1.807) is 30.3 Å². The van der Waals surface area contributed by atoms with Crippen LogP contribution in [0.3, 0.4) is 0 Å². The molecule has 3 rings (SSSR count). The quantitative estimate of drug-likeness (QED) is 0.381. The molecular weight excluding hydrogens is 333 g/mol. The molecule has 0 aliphatic heterocycles. The van der Waals surface area contributed by atoms with Gasteiger partial charge in [0, 0.05) is 22.6 Å². The first-order valence-corrected chi connectivity index (χ1v) is 7.92. The van der Waals surface area contributed by atoms with Gasteiger partial charge in [-0.3, -0.25) is 10.1 Å². The molecule has 3 aromatic rings. The molecule has 8 heteroatoms. The third-order valence-corrected chi connectivity index (χ3v) is 4.39. The fourth-order valence-electron chi connectivity index (χ4n) is 2.02. The lowest BCUT2D eigenvalue weighted by atomic mass is 10.2. The molecule has 0 N–H and O–H groups in total. The van der Waals surface area contributed by atoms with Crippen LogP contribution in [0.25, 0.3) is 11.5 Å². The van der Waals surface area contributed by atoms with Gasteiger partial charge in [-0.1, -0.05) is 12.1 Å². The summed E-state index contributed by atoms with van der Waals surface area (Å²) in [5.74, 6) is 0.321. The van der Waals surface area contributed by atoms with Crippen molar-refractivity contribution in [1.82, 2.24) is 10.2 Å². The van der Waals surface area contributed by atoms with Crippen LogP contribution < -0.4 is 0 Å². The normalized spacial score (nSPS) is 12.1. The van der Waals surface area contributed by atoms with E-state index >= 15 is 0 Å². The van der Waals surface area contributed by atoms with Crippen molar-refractivity contribution in [3.63, 3.8) is 0 Å². The largest absolute Gasteiger partial charge is 0.419 e. The molecule has 6 nitrogen and oxygen atoms in total. The van der Waals surface area contributed by atoms with Crippen LogP contribution in [-0.4, -0.2) is 15.1 Å². The van der Waals surface area contributed by atoms with Gasteiger partial charge in [-0.15, -0.1) is 22.0 Å². The van der Waals surface area contributed by atoms with Crippen LogP contribution >= 0.6 is 11.8 Å². The van der Waals surface area contributed by atoms with E-state index in [9.17, 15) is 14.5 Å². The first-order chi connectivity index (χ1) is 11.5. The summed E-state index contributed by atoms with van der Waals surface area (Å²) in [6, 6.07) is 12.3. The molecule has 0 radical (unpaired) electrons. The number of benzene rings is 2. The number of nitrogens with zero attached hydrogens (tertiary/aromatic N) is 3. The number of rotatable bonds is 5. The van der Waals surface area contributed by atoms with Gasteiger partial charge in [0.15, 0.2) is 0 Å². The molecule has 1 aromatic heterocycles. The van der Waals surface area contributed by atoms with E-state index in [-0.39, 0.29) is 22.6 Å². The number of halogens is 1. The molecule has 122 valence electrons. The number of hydrogen-bond donors (Lipinski definition) is 0.